The Bertz CT molecular complexity index is 5300. The van der Waals surface area contributed by atoms with Gasteiger partial charge in [0.15, 0.2) is 0 Å². The fraction of sp³-hybridized carbons (Fsp3) is 0.686. The molecule has 3 saturated heterocycles. The Kier molecular flexibility index (Phi) is 36.1. The van der Waals surface area contributed by atoms with Crippen molar-refractivity contribution in [3.8, 4) is 34.9 Å². The second kappa shape index (κ2) is 46.7. The number of hydrogen-bond donors (Lipinski definition) is 3. The largest absolute Gasteiger partial charge is 0.540 e. The van der Waals surface area contributed by atoms with Crippen molar-refractivity contribution in [1.29, 1.82) is 0 Å². The molecule has 6 aromatic rings. The average molecular weight is 2020 g/mol. The molecule has 3 aromatic carbocycles. The van der Waals surface area contributed by atoms with E-state index in [-0.39, 0.29) is 127 Å². The number of benzene rings is 3. The Balaban J connectivity index is 0.000000213. The number of aromatic nitrogens is 6. The van der Waals surface area contributed by atoms with E-state index in [9.17, 15) is 43.2 Å². The summed E-state index contributed by atoms with van der Waals surface area (Å²) in [6.45, 7) is 16.5. The molecule has 12 aliphatic rings. The van der Waals surface area contributed by atoms with E-state index >= 15 is 0 Å². The van der Waals surface area contributed by atoms with Gasteiger partial charge in [0, 0.05) is 84.1 Å². The molecule has 6 amide bonds. The van der Waals surface area contributed by atoms with E-state index in [1.165, 1.54) is 0 Å². The smallest absolute Gasteiger partial charge is 0.408 e. The van der Waals surface area contributed by atoms with E-state index in [2.05, 4.69) is 62.5 Å². The average Bonchev–Trinajstić information content (AvgIpc) is 1.64. The van der Waals surface area contributed by atoms with Gasteiger partial charge in [0.05, 0.1) is 74.1 Å². The number of rotatable bonds is 9. The summed E-state index contributed by atoms with van der Waals surface area (Å²) < 4.78 is 54.3. The number of carbonyl (C=O) groups is 6. The van der Waals surface area contributed by atoms with Gasteiger partial charge in [-0.05, 0) is 237 Å². The van der Waals surface area contributed by atoms with Gasteiger partial charge >= 0.3 is 18.3 Å². The van der Waals surface area contributed by atoms with Gasteiger partial charge in [-0.2, -0.15) is 0 Å². The van der Waals surface area contributed by atoms with Crippen molar-refractivity contribution in [3.05, 3.63) is 71.7 Å². The first kappa shape index (κ1) is 107. The number of methoxy groups -OCH3 is 3. The Hall–Kier alpha value is -8.54. The van der Waals surface area contributed by atoms with Crippen molar-refractivity contribution in [1.82, 2.24) is 60.6 Å². The van der Waals surface area contributed by atoms with Gasteiger partial charge in [-0.1, -0.05) is 156 Å². The number of ether oxygens (including phenoxy) is 9. The Morgan fingerprint density at radius 3 is 1.04 bits per heavy atom. The first-order valence-corrected chi connectivity index (χ1v) is 50.6. The SMILES string of the molecule is COc1ccc2nc3c(nc2c1)O[C@H]1CN(C(=O)[C@H](C2(C)CCCCC2)NC(=O)O[C@@H]2CCC[C@H]2CCCCC3)[C@H]([C-]=O)[C@@H]1C.COc1ccc2nc3c(nc2c1)O[C@H]1CN(C(=O)[C@H](C2(C)CCCCC2)NC(=O)O[C@]2(C)CCC[C@H]2CCCCC3)[C@H]([C-]=O)[C@@H]1C.COc1ccc2nc3c(nc2c1)O[C@H]1CN(C(=O)[C@H](C2(C)CCCCC2)NC(=O)O[C@]2(C)C[C@H]2CCCCC3)[C@H]([C-]=O)[C@@H]1C.[HH].[HH].[HH].[V].[V].[V]. The van der Waals surface area contributed by atoms with Crippen molar-refractivity contribution < 1.29 is 146 Å². The third-order valence-corrected chi connectivity index (χ3v) is 33.1. The van der Waals surface area contributed by atoms with Gasteiger partial charge in [0.1, 0.15) is 88.1 Å². The number of fused-ring (bicyclic) bond motifs is 15. The fourth-order valence-electron chi connectivity index (χ4n) is 24.1. The van der Waals surface area contributed by atoms with Gasteiger partial charge in [-0.3, -0.25) is 14.4 Å². The number of nitrogens with zero attached hydrogens (tertiary/aromatic N) is 9. The molecule has 18 atom stereocenters. The maximum atomic E-state index is 14.5. The number of aryl methyl sites for hydroxylation is 3. The standard InChI is InChI=1S/C36H49N4O6.C35H47N4O6.C34H45N4O6.3V.3H2/c1-23-29(22-41)40-21-30(23)45-32-27(37-26-16-15-25(44-4)20-28(26)38-32)14-8-5-7-12-24-13-11-19-36(24,3)46-34(43)39-31(33(40)42)35(2)17-9-6-10-18-35;1-22-28(21-40)39-20-30(22)44-32-26(36-25-16-15-24(43-3)19-27(25)37-32)13-7-4-6-11-23-12-10-14-29(23)45-34(42)38-31(33(39)41)35(2)17-8-5-9-18-35;1-21-27(20-39)38-19-28(21)43-30-25(35-24-14-13-23(42-4)17-26(24)36-30)12-8-5-7-11-22-18-34(22,3)44-32(41)37-29(31(38)40)33(2)15-9-6-10-16-33;;;;;;/h15-16,20,23-24,29-31H,5-14,17-19,21H2,1-4H3,(H,39,43);15-16,19,22-23,28-31H,4-14,17-18,20H2,1-3H3,(H,38,42);13-14,17,21-22,27-29H,5-12,15-16,18-19H2,1-4H3,(H,37,41);;;;3*1H/q3*-1;;;;;;/t23-,24+,29+,30-,31+,36+;22-,23+,28+,29+,30-,31+;21-,22+,27+,28-,29+,34+;;;;;;/m000....../s1. The zero-order chi connectivity index (χ0) is 95.1. The van der Waals surface area contributed by atoms with E-state index in [0.717, 1.165) is 252 Å². The number of amides is 6. The second-order valence-electron chi connectivity index (χ2n) is 42.4. The molecule has 753 valence electrons. The zero-order valence-corrected chi connectivity index (χ0v) is 86.6. The number of carbonyl (C=O) groups excluding carboxylic acids is 9. The molecular formula is C105H147N12O18V3-3. The maximum absolute atomic E-state index is 14.5. The van der Waals surface area contributed by atoms with Gasteiger partial charge in [0.2, 0.25) is 35.4 Å². The summed E-state index contributed by atoms with van der Waals surface area (Å²) in [7, 11) is 4.84. The van der Waals surface area contributed by atoms with E-state index in [1.807, 2.05) is 82.3 Å². The van der Waals surface area contributed by atoms with Crippen LogP contribution in [-0.4, -0.2) is 212 Å². The van der Waals surface area contributed by atoms with Crippen molar-refractivity contribution >= 4 is 88.0 Å². The molecule has 3 radical (unpaired) electrons. The Labute approximate surface area is 852 Å². The molecule has 138 heavy (non-hydrogen) atoms. The maximum Gasteiger partial charge on any atom is 0.408 e. The minimum atomic E-state index is -0.826. The van der Waals surface area contributed by atoms with Gasteiger partial charge < -0.3 is 87.7 Å². The first-order valence-electron chi connectivity index (χ1n) is 50.6. The Morgan fingerprint density at radius 1 is 0.355 bits per heavy atom. The summed E-state index contributed by atoms with van der Waals surface area (Å²) in [4.78, 5) is 155. The molecule has 6 bridgehead atoms. The second-order valence-corrected chi connectivity index (χ2v) is 42.4. The summed E-state index contributed by atoms with van der Waals surface area (Å²) in [5, 5.41) is 9.07. The van der Waals surface area contributed by atoms with Gasteiger partial charge in [0.25, 0.3) is 0 Å². The first-order chi connectivity index (χ1) is 65.1. The summed E-state index contributed by atoms with van der Waals surface area (Å²) >= 11 is 0. The predicted molar refractivity (Wildman–Crippen MR) is 513 cm³/mol. The zero-order valence-electron chi connectivity index (χ0n) is 82.4. The van der Waals surface area contributed by atoms with Crippen LogP contribution in [0.15, 0.2) is 54.6 Å². The van der Waals surface area contributed by atoms with E-state index in [0.29, 0.717) is 82.5 Å². The molecule has 33 heteroatoms. The molecule has 6 saturated carbocycles. The van der Waals surface area contributed by atoms with Crippen LogP contribution < -0.4 is 44.4 Å². The summed E-state index contributed by atoms with van der Waals surface area (Å²) in [6, 6.07) is 11.9. The predicted octanol–water partition coefficient (Wildman–Crippen LogP) is 17.8. The molecule has 9 heterocycles. The molecule has 3 aromatic heterocycles. The quantitative estimate of drug-likeness (QED) is 0.0894. The summed E-state index contributed by atoms with van der Waals surface area (Å²) in [5.41, 5.74) is 4.13. The van der Waals surface area contributed by atoms with Crippen LogP contribution in [0.1, 0.15) is 295 Å². The third kappa shape index (κ3) is 23.8. The van der Waals surface area contributed by atoms with Crippen LogP contribution in [0.25, 0.3) is 33.1 Å². The monoisotopic (exact) mass is 2020 g/mol. The molecule has 9 fully saturated rings. The number of nitrogens with one attached hydrogen (secondary N) is 3. The van der Waals surface area contributed by atoms with Crippen molar-refractivity contribution in [3.63, 3.8) is 0 Å². The van der Waals surface area contributed by atoms with Crippen molar-refractivity contribution in [2.24, 2.45) is 51.8 Å². The minimum absolute atomic E-state index is 0. The molecule has 0 unspecified atom stereocenters. The van der Waals surface area contributed by atoms with Crippen LogP contribution in [0.3, 0.4) is 0 Å². The van der Waals surface area contributed by atoms with Gasteiger partial charge in [-0.25, -0.2) is 63.1 Å². The molecule has 6 aliphatic carbocycles. The molecule has 0 spiro atoms. The van der Waals surface area contributed by atoms with Crippen LogP contribution in [0.2, 0.25) is 0 Å². The third-order valence-electron chi connectivity index (χ3n) is 33.1. The van der Waals surface area contributed by atoms with Crippen LogP contribution in [0, 0.1) is 51.8 Å². The van der Waals surface area contributed by atoms with Crippen molar-refractivity contribution in [2.75, 3.05) is 41.0 Å². The molecule has 3 N–H and O–H groups in total. The van der Waals surface area contributed by atoms with E-state index in [1.54, 1.807) is 36.0 Å². The van der Waals surface area contributed by atoms with E-state index in [4.69, 9.17) is 72.5 Å². The van der Waals surface area contributed by atoms with Crippen molar-refractivity contribution in [2.45, 2.75) is 365 Å². The Morgan fingerprint density at radius 2 is 0.681 bits per heavy atom. The summed E-state index contributed by atoms with van der Waals surface area (Å²) in [6.07, 6.45) is 37.6. The summed E-state index contributed by atoms with van der Waals surface area (Å²) in [5.74, 6) is 2.33. The van der Waals surface area contributed by atoms with Crippen LogP contribution in [0.4, 0.5) is 14.4 Å². The minimum Gasteiger partial charge on any atom is -0.540 e. The van der Waals surface area contributed by atoms with Crippen LogP contribution in [-0.2, 0) is 118 Å². The normalized spacial score (nSPS) is 31.3. The van der Waals surface area contributed by atoms with Crippen LogP contribution in [0.5, 0.6) is 34.9 Å². The van der Waals surface area contributed by atoms with Crippen LogP contribution >= 0.6 is 0 Å². The molecule has 30 nitrogen and oxygen atoms in total. The topological polar surface area (TPSA) is 360 Å². The molecule has 6 aliphatic heterocycles. The number of alkyl carbamates (subject to hydrolysis) is 3. The molecular weight excluding hydrogens is 1870 g/mol. The fourth-order valence-corrected chi connectivity index (χ4v) is 24.1. The van der Waals surface area contributed by atoms with E-state index < -0.39 is 100 Å². The van der Waals surface area contributed by atoms with Gasteiger partial charge in [-0.15, -0.1) is 0 Å². The number of hydrogen-bond acceptors (Lipinski definition) is 24. The molecule has 18 rings (SSSR count).